The molecule has 0 spiro atoms. The summed E-state index contributed by atoms with van der Waals surface area (Å²) < 4.78 is 2.11. The monoisotopic (exact) mass is 355 g/mol. The minimum absolute atomic E-state index is 0.458. The standard InChI is InChI=1S/C19H25N5S/c1-4-20-19(21-12-14(2)17-10-7-11-25-17)22-13-18-23-15-8-5-6-9-16(15)24(18)3/h5-11,14H,4,12-13H2,1-3H3,(H2,20,21,22). The zero-order chi connectivity index (χ0) is 17.6. The molecule has 0 saturated carbocycles. The molecular formula is C19H25N5S. The molecule has 2 aromatic heterocycles. The average molecular weight is 356 g/mol. The van der Waals surface area contributed by atoms with Crippen LogP contribution >= 0.6 is 11.3 Å². The Kier molecular flexibility index (Phi) is 5.71. The second kappa shape index (κ2) is 8.16. The van der Waals surface area contributed by atoms with Crippen molar-refractivity contribution >= 4 is 28.3 Å². The summed E-state index contributed by atoms with van der Waals surface area (Å²) in [6.07, 6.45) is 0. The highest BCUT2D eigenvalue weighted by Gasteiger charge is 2.09. The molecule has 0 radical (unpaired) electrons. The van der Waals surface area contributed by atoms with E-state index in [0.717, 1.165) is 35.9 Å². The van der Waals surface area contributed by atoms with Gasteiger partial charge in [0.2, 0.25) is 0 Å². The van der Waals surface area contributed by atoms with Crippen molar-refractivity contribution in [1.29, 1.82) is 0 Å². The molecule has 132 valence electrons. The second-order valence-corrected chi connectivity index (χ2v) is 7.05. The minimum atomic E-state index is 0.458. The third-order valence-electron chi connectivity index (χ3n) is 4.21. The summed E-state index contributed by atoms with van der Waals surface area (Å²) in [6, 6.07) is 12.5. The van der Waals surface area contributed by atoms with Crippen LogP contribution in [0.2, 0.25) is 0 Å². The summed E-state index contributed by atoms with van der Waals surface area (Å²) in [7, 11) is 2.04. The van der Waals surface area contributed by atoms with Gasteiger partial charge in [0, 0.05) is 30.9 Å². The Morgan fingerprint density at radius 1 is 1.24 bits per heavy atom. The molecule has 0 aliphatic rings. The molecule has 0 saturated heterocycles. The summed E-state index contributed by atoms with van der Waals surface area (Å²) in [6.45, 7) is 6.55. The molecule has 25 heavy (non-hydrogen) atoms. The summed E-state index contributed by atoms with van der Waals surface area (Å²) in [5, 5.41) is 8.87. The molecule has 3 rings (SSSR count). The molecular weight excluding hydrogens is 330 g/mol. The van der Waals surface area contributed by atoms with Crippen molar-refractivity contribution in [3.63, 3.8) is 0 Å². The maximum Gasteiger partial charge on any atom is 0.191 e. The number of imidazole rings is 1. The molecule has 0 bridgehead atoms. The lowest BCUT2D eigenvalue weighted by molar-refractivity contribution is 0.705. The van der Waals surface area contributed by atoms with Gasteiger partial charge >= 0.3 is 0 Å². The van der Waals surface area contributed by atoms with Crippen LogP contribution in [0.1, 0.15) is 30.5 Å². The van der Waals surface area contributed by atoms with Gasteiger partial charge in [0.1, 0.15) is 12.4 Å². The van der Waals surface area contributed by atoms with Gasteiger partial charge in [-0.1, -0.05) is 25.1 Å². The first kappa shape index (κ1) is 17.5. The van der Waals surface area contributed by atoms with Crippen LogP contribution in [0.25, 0.3) is 11.0 Å². The lowest BCUT2D eigenvalue weighted by atomic mass is 10.1. The molecule has 1 unspecified atom stereocenters. The van der Waals surface area contributed by atoms with E-state index in [1.807, 2.05) is 25.2 Å². The van der Waals surface area contributed by atoms with Crippen LogP contribution in [-0.4, -0.2) is 28.6 Å². The minimum Gasteiger partial charge on any atom is -0.357 e. The Hall–Kier alpha value is -2.34. The van der Waals surface area contributed by atoms with Crippen molar-refractivity contribution < 1.29 is 0 Å². The van der Waals surface area contributed by atoms with Gasteiger partial charge in [-0.25, -0.2) is 9.98 Å². The Labute approximate surface area is 152 Å². The van der Waals surface area contributed by atoms with Crippen LogP contribution in [0, 0.1) is 0 Å². The topological polar surface area (TPSA) is 54.2 Å². The Morgan fingerprint density at radius 3 is 2.80 bits per heavy atom. The molecule has 3 aromatic rings. The van der Waals surface area contributed by atoms with Crippen LogP contribution in [-0.2, 0) is 13.6 Å². The third-order valence-corrected chi connectivity index (χ3v) is 5.31. The maximum atomic E-state index is 4.71. The molecule has 1 aromatic carbocycles. The van der Waals surface area contributed by atoms with Crippen molar-refractivity contribution in [2.24, 2.45) is 12.0 Å². The fraction of sp³-hybridized carbons (Fsp3) is 0.368. The van der Waals surface area contributed by atoms with Crippen molar-refractivity contribution in [2.75, 3.05) is 13.1 Å². The highest BCUT2D eigenvalue weighted by Crippen LogP contribution is 2.19. The Balaban J connectivity index is 1.67. The van der Waals surface area contributed by atoms with Crippen LogP contribution < -0.4 is 10.6 Å². The highest BCUT2D eigenvalue weighted by molar-refractivity contribution is 7.10. The number of nitrogens with zero attached hydrogens (tertiary/aromatic N) is 3. The first-order chi connectivity index (χ1) is 12.2. The van der Waals surface area contributed by atoms with Gasteiger partial charge in [0.25, 0.3) is 0 Å². The molecule has 0 aliphatic carbocycles. The number of nitrogens with one attached hydrogen (secondary N) is 2. The third kappa shape index (κ3) is 4.20. The van der Waals surface area contributed by atoms with E-state index in [0.29, 0.717) is 12.5 Å². The first-order valence-corrected chi connectivity index (χ1v) is 9.53. The fourth-order valence-corrected chi connectivity index (χ4v) is 3.54. The number of para-hydroxylation sites is 2. The lowest BCUT2D eigenvalue weighted by Gasteiger charge is -2.15. The van der Waals surface area contributed by atoms with Gasteiger partial charge in [-0.15, -0.1) is 11.3 Å². The van der Waals surface area contributed by atoms with Crippen LogP contribution in [0.15, 0.2) is 46.8 Å². The van der Waals surface area contributed by atoms with E-state index in [9.17, 15) is 0 Å². The van der Waals surface area contributed by atoms with Crippen LogP contribution in [0.4, 0.5) is 0 Å². The predicted octanol–water partition coefficient (Wildman–Crippen LogP) is 3.49. The number of hydrogen-bond donors (Lipinski definition) is 2. The van der Waals surface area contributed by atoms with Crippen LogP contribution in [0.5, 0.6) is 0 Å². The van der Waals surface area contributed by atoms with E-state index in [2.05, 4.69) is 57.6 Å². The van der Waals surface area contributed by atoms with Gasteiger partial charge < -0.3 is 15.2 Å². The lowest BCUT2D eigenvalue weighted by Crippen LogP contribution is -2.39. The van der Waals surface area contributed by atoms with E-state index in [4.69, 9.17) is 4.99 Å². The maximum absolute atomic E-state index is 4.71. The molecule has 0 amide bonds. The quantitative estimate of drug-likeness (QED) is 0.526. The van der Waals surface area contributed by atoms with E-state index in [1.54, 1.807) is 11.3 Å². The van der Waals surface area contributed by atoms with E-state index < -0.39 is 0 Å². The van der Waals surface area contributed by atoms with Crippen molar-refractivity contribution in [2.45, 2.75) is 26.3 Å². The van der Waals surface area contributed by atoms with Crippen molar-refractivity contribution in [3.05, 3.63) is 52.5 Å². The normalized spacial score (nSPS) is 13.2. The summed E-state index contributed by atoms with van der Waals surface area (Å²) in [5.74, 6) is 2.25. The SMILES string of the molecule is CCNC(=NCc1nc2ccccc2n1C)NCC(C)c1cccs1. The van der Waals surface area contributed by atoms with Gasteiger partial charge in [-0.05, 0) is 30.5 Å². The zero-order valence-corrected chi connectivity index (χ0v) is 15.8. The predicted molar refractivity (Wildman–Crippen MR) is 106 cm³/mol. The number of aromatic nitrogens is 2. The number of aryl methyl sites for hydroxylation is 1. The van der Waals surface area contributed by atoms with Gasteiger partial charge in [-0.2, -0.15) is 0 Å². The smallest absolute Gasteiger partial charge is 0.191 e. The molecule has 1 atom stereocenters. The highest BCUT2D eigenvalue weighted by atomic mass is 32.1. The average Bonchev–Trinajstić information content (AvgIpc) is 3.26. The number of fused-ring (bicyclic) bond motifs is 1. The molecule has 2 N–H and O–H groups in total. The zero-order valence-electron chi connectivity index (χ0n) is 15.0. The number of guanidine groups is 1. The van der Waals surface area contributed by atoms with Gasteiger partial charge in [0.05, 0.1) is 11.0 Å². The van der Waals surface area contributed by atoms with Crippen molar-refractivity contribution in [3.8, 4) is 0 Å². The number of rotatable bonds is 6. The Bertz CT molecular complexity index is 835. The van der Waals surface area contributed by atoms with E-state index in [1.165, 1.54) is 4.88 Å². The summed E-state index contributed by atoms with van der Waals surface area (Å²) in [4.78, 5) is 10.8. The number of aliphatic imine (C=N–C) groups is 1. The summed E-state index contributed by atoms with van der Waals surface area (Å²) in [5.41, 5.74) is 2.15. The van der Waals surface area contributed by atoms with E-state index in [-0.39, 0.29) is 0 Å². The number of benzene rings is 1. The second-order valence-electron chi connectivity index (χ2n) is 6.07. The molecule has 6 heteroatoms. The van der Waals surface area contributed by atoms with Gasteiger partial charge in [-0.3, -0.25) is 0 Å². The summed E-state index contributed by atoms with van der Waals surface area (Å²) >= 11 is 1.80. The van der Waals surface area contributed by atoms with Gasteiger partial charge in [0.15, 0.2) is 5.96 Å². The first-order valence-electron chi connectivity index (χ1n) is 8.65. The number of thiophene rings is 1. The Morgan fingerprint density at radius 2 is 2.08 bits per heavy atom. The molecule has 0 fully saturated rings. The fourth-order valence-electron chi connectivity index (χ4n) is 2.75. The number of hydrogen-bond acceptors (Lipinski definition) is 3. The largest absolute Gasteiger partial charge is 0.357 e. The van der Waals surface area contributed by atoms with E-state index >= 15 is 0 Å². The van der Waals surface area contributed by atoms with Crippen molar-refractivity contribution in [1.82, 2.24) is 20.2 Å². The van der Waals surface area contributed by atoms with Crippen LogP contribution in [0.3, 0.4) is 0 Å². The molecule has 0 aliphatic heterocycles. The molecule has 2 heterocycles. The molecule has 5 nitrogen and oxygen atoms in total.